The number of amides is 1. The lowest BCUT2D eigenvalue weighted by molar-refractivity contribution is -0.145. The Balaban J connectivity index is 1.82. The molecule has 7 heteroatoms. The van der Waals surface area contributed by atoms with Crippen LogP contribution in [0.3, 0.4) is 0 Å². The Bertz CT molecular complexity index is 714. The van der Waals surface area contributed by atoms with Gasteiger partial charge in [0.05, 0.1) is 17.7 Å². The SMILES string of the molecule is CCN1CCC[C@](C)(C(=O)N2CCc3c(nc(N(C)C)[nH]c3=O)C2)C1. The van der Waals surface area contributed by atoms with Crippen molar-refractivity contribution in [3.8, 4) is 0 Å². The molecule has 0 unspecified atom stereocenters. The first-order valence-electron chi connectivity index (χ1n) is 9.15. The number of aromatic amines is 1. The highest BCUT2D eigenvalue weighted by molar-refractivity contribution is 5.83. The molecule has 1 atom stereocenters. The van der Waals surface area contributed by atoms with Gasteiger partial charge in [-0.2, -0.15) is 0 Å². The van der Waals surface area contributed by atoms with E-state index in [1.54, 1.807) is 4.90 Å². The molecular weight excluding hydrogens is 318 g/mol. The normalized spacial score (nSPS) is 24.1. The molecular formula is C18H29N5O2. The van der Waals surface area contributed by atoms with Gasteiger partial charge in [0.25, 0.3) is 5.56 Å². The second-order valence-corrected chi connectivity index (χ2v) is 7.72. The molecule has 1 N–H and O–H groups in total. The summed E-state index contributed by atoms with van der Waals surface area (Å²) in [5, 5.41) is 0. The van der Waals surface area contributed by atoms with Crippen molar-refractivity contribution in [2.75, 3.05) is 45.2 Å². The van der Waals surface area contributed by atoms with Crippen molar-refractivity contribution in [3.05, 3.63) is 21.6 Å². The Morgan fingerprint density at radius 2 is 2.12 bits per heavy atom. The molecule has 7 nitrogen and oxygen atoms in total. The molecule has 0 bridgehead atoms. The Hall–Kier alpha value is -1.89. The number of rotatable bonds is 3. The summed E-state index contributed by atoms with van der Waals surface area (Å²) in [6.07, 6.45) is 2.56. The topological polar surface area (TPSA) is 72.5 Å². The average Bonchev–Trinajstić information content (AvgIpc) is 2.60. The molecule has 1 aromatic rings. The van der Waals surface area contributed by atoms with Gasteiger partial charge in [-0.25, -0.2) is 4.98 Å². The van der Waals surface area contributed by atoms with Gasteiger partial charge in [-0.15, -0.1) is 0 Å². The zero-order valence-corrected chi connectivity index (χ0v) is 15.8. The molecule has 0 aliphatic carbocycles. The van der Waals surface area contributed by atoms with Crippen LogP contribution in [-0.2, 0) is 17.8 Å². The quantitative estimate of drug-likeness (QED) is 0.877. The van der Waals surface area contributed by atoms with Crippen LogP contribution in [0.5, 0.6) is 0 Å². The highest BCUT2D eigenvalue weighted by Gasteiger charge is 2.41. The van der Waals surface area contributed by atoms with Crippen LogP contribution in [0.2, 0.25) is 0 Å². The molecule has 25 heavy (non-hydrogen) atoms. The number of nitrogens with one attached hydrogen (secondary N) is 1. The summed E-state index contributed by atoms with van der Waals surface area (Å²) in [6, 6.07) is 0. The lowest BCUT2D eigenvalue weighted by Crippen LogP contribution is -2.52. The number of carbonyl (C=O) groups is 1. The smallest absolute Gasteiger partial charge is 0.255 e. The monoisotopic (exact) mass is 347 g/mol. The van der Waals surface area contributed by atoms with Crippen molar-refractivity contribution in [2.45, 2.75) is 39.7 Å². The van der Waals surface area contributed by atoms with Gasteiger partial charge in [0.1, 0.15) is 0 Å². The number of hydrogen-bond donors (Lipinski definition) is 1. The molecule has 0 aromatic carbocycles. The number of anilines is 1. The average molecular weight is 347 g/mol. The standard InChI is InChI=1S/C18H29N5O2/c1-5-22-9-6-8-18(2,12-22)16(25)23-10-7-13-14(11-23)19-17(21(3)4)20-15(13)24/h5-12H2,1-4H3,(H,19,20,24)/t18-/m0/s1. The van der Waals surface area contributed by atoms with Gasteiger partial charge in [-0.05, 0) is 39.3 Å². The number of carbonyl (C=O) groups excluding carboxylic acids is 1. The van der Waals surface area contributed by atoms with Crippen LogP contribution in [0.25, 0.3) is 0 Å². The Kier molecular flexibility index (Phi) is 4.86. The zero-order valence-electron chi connectivity index (χ0n) is 15.8. The second kappa shape index (κ2) is 6.78. The molecule has 0 spiro atoms. The predicted octanol–water partition coefficient (Wildman–Crippen LogP) is 0.843. The Morgan fingerprint density at radius 3 is 2.80 bits per heavy atom. The fourth-order valence-electron chi connectivity index (χ4n) is 3.98. The van der Waals surface area contributed by atoms with E-state index in [9.17, 15) is 9.59 Å². The molecule has 2 aliphatic heterocycles. The maximum Gasteiger partial charge on any atom is 0.255 e. The van der Waals surface area contributed by atoms with Gasteiger partial charge < -0.3 is 14.7 Å². The molecule has 0 radical (unpaired) electrons. The van der Waals surface area contributed by atoms with Crippen LogP contribution in [0.4, 0.5) is 5.95 Å². The number of fused-ring (bicyclic) bond motifs is 1. The molecule has 1 saturated heterocycles. The van der Waals surface area contributed by atoms with E-state index in [4.69, 9.17) is 0 Å². The van der Waals surface area contributed by atoms with Crippen LogP contribution in [-0.4, -0.2) is 65.9 Å². The fraction of sp³-hybridized carbons (Fsp3) is 0.722. The molecule has 3 heterocycles. The van der Waals surface area contributed by atoms with E-state index in [2.05, 4.69) is 28.7 Å². The lowest BCUT2D eigenvalue weighted by Gasteiger charge is -2.42. The maximum absolute atomic E-state index is 13.2. The van der Waals surface area contributed by atoms with Crippen LogP contribution < -0.4 is 10.5 Å². The number of aromatic nitrogens is 2. The van der Waals surface area contributed by atoms with E-state index >= 15 is 0 Å². The van der Waals surface area contributed by atoms with Gasteiger partial charge >= 0.3 is 0 Å². The first kappa shape index (κ1) is 17.9. The van der Waals surface area contributed by atoms with E-state index < -0.39 is 0 Å². The maximum atomic E-state index is 13.2. The van der Waals surface area contributed by atoms with Gasteiger partial charge in [0, 0.05) is 32.7 Å². The van der Waals surface area contributed by atoms with E-state index in [0.29, 0.717) is 25.5 Å². The largest absolute Gasteiger partial charge is 0.348 e. The highest BCUT2D eigenvalue weighted by atomic mass is 16.2. The molecule has 3 rings (SSSR count). The third kappa shape index (κ3) is 3.42. The van der Waals surface area contributed by atoms with Crippen molar-refractivity contribution >= 4 is 11.9 Å². The van der Waals surface area contributed by atoms with E-state index in [0.717, 1.165) is 43.7 Å². The highest BCUT2D eigenvalue weighted by Crippen LogP contribution is 2.33. The van der Waals surface area contributed by atoms with Crippen LogP contribution in [0.15, 0.2) is 4.79 Å². The lowest BCUT2D eigenvalue weighted by atomic mass is 9.80. The number of nitrogens with zero attached hydrogens (tertiary/aromatic N) is 4. The van der Waals surface area contributed by atoms with Gasteiger partial charge in [0.15, 0.2) is 0 Å². The minimum atomic E-state index is -0.336. The third-order valence-corrected chi connectivity index (χ3v) is 5.51. The summed E-state index contributed by atoms with van der Waals surface area (Å²) >= 11 is 0. The van der Waals surface area contributed by atoms with E-state index in [1.165, 1.54) is 0 Å². The third-order valence-electron chi connectivity index (χ3n) is 5.51. The Morgan fingerprint density at radius 1 is 1.36 bits per heavy atom. The predicted molar refractivity (Wildman–Crippen MR) is 97.8 cm³/mol. The molecule has 1 fully saturated rings. The van der Waals surface area contributed by atoms with Crippen LogP contribution in [0, 0.1) is 5.41 Å². The van der Waals surface area contributed by atoms with Crippen molar-refractivity contribution < 1.29 is 4.79 Å². The van der Waals surface area contributed by atoms with Crippen molar-refractivity contribution in [2.24, 2.45) is 5.41 Å². The van der Waals surface area contributed by atoms with E-state index in [1.807, 2.05) is 19.0 Å². The van der Waals surface area contributed by atoms with Crippen molar-refractivity contribution in [1.29, 1.82) is 0 Å². The summed E-state index contributed by atoms with van der Waals surface area (Å²) < 4.78 is 0. The zero-order chi connectivity index (χ0) is 18.2. The Labute approximate surface area is 149 Å². The summed E-state index contributed by atoms with van der Waals surface area (Å²) in [6.45, 7) is 8.13. The van der Waals surface area contributed by atoms with Gasteiger partial charge in [-0.3, -0.25) is 14.6 Å². The number of H-pyrrole nitrogens is 1. The summed E-state index contributed by atoms with van der Waals surface area (Å²) in [5.41, 5.74) is 1.04. The summed E-state index contributed by atoms with van der Waals surface area (Å²) in [4.78, 5) is 38.9. The molecule has 2 aliphatic rings. The molecule has 138 valence electrons. The number of likely N-dealkylation sites (tertiary alicyclic amines) is 1. The number of hydrogen-bond acceptors (Lipinski definition) is 5. The first-order chi connectivity index (χ1) is 11.8. The van der Waals surface area contributed by atoms with Crippen molar-refractivity contribution in [3.63, 3.8) is 0 Å². The van der Waals surface area contributed by atoms with Crippen LogP contribution >= 0.6 is 0 Å². The van der Waals surface area contributed by atoms with E-state index in [-0.39, 0.29) is 16.9 Å². The minimum Gasteiger partial charge on any atom is -0.348 e. The minimum absolute atomic E-state index is 0.0816. The number of piperidine rings is 1. The summed E-state index contributed by atoms with van der Waals surface area (Å²) in [7, 11) is 3.69. The summed E-state index contributed by atoms with van der Waals surface area (Å²) in [5.74, 6) is 0.740. The van der Waals surface area contributed by atoms with Gasteiger partial charge in [-0.1, -0.05) is 6.92 Å². The van der Waals surface area contributed by atoms with Crippen LogP contribution in [0.1, 0.15) is 37.9 Å². The van der Waals surface area contributed by atoms with Crippen molar-refractivity contribution in [1.82, 2.24) is 19.8 Å². The van der Waals surface area contributed by atoms with Gasteiger partial charge in [0.2, 0.25) is 11.9 Å². The molecule has 1 aromatic heterocycles. The first-order valence-corrected chi connectivity index (χ1v) is 9.15. The molecule has 1 amide bonds. The molecule has 0 saturated carbocycles. The fourth-order valence-corrected chi connectivity index (χ4v) is 3.98. The second-order valence-electron chi connectivity index (χ2n) is 7.72.